The summed E-state index contributed by atoms with van der Waals surface area (Å²) in [5.41, 5.74) is 7.60. The predicted molar refractivity (Wildman–Crippen MR) is 87.8 cm³/mol. The lowest BCUT2D eigenvalue weighted by Gasteiger charge is -1.97. The molecule has 7 heteroatoms. The van der Waals surface area contributed by atoms with Crippen molar-refractivity contribution in [3.63, 3.8) is 0 Å². The van der Waals surface area contributed by atoms with Crippen LogP contribution in [0.15, 0.2) is 39.1 Å². The molecule has 2 aromatic heterocycles. The Hall–Kier alpha value is -1.50. The van der Waals surface area contributed by atoms with E-state index in [9.17, 15) is 0 Å². The lowest BCUT2D eigenvalue weighted by Crippen LogP contribution is -1.81. The zero-order valence-electron chi connectivity index (χ0n) is 11.2. The molecule has 3 rings (SSSR count). The van der Waals surface area contributed by atoms with Gasteiger partial charge in [-0.2, -0.15) is 0 Å². The monoisotopic (exact) mass is 337 g/mol. The van der Waals surface area contributed by atoms with Crippen LogP contribution in [0.1, 0.15) is 11.6 Å². The van der Waals surface area contributed by atoms with Gasteiger partial charge in [0.25, 0.3) is 0 Å². The molecule has 0 spiro atoms. The quantitative estimate of drug-likeness (QED) is 0.703. The third kappa shape index (κ3) is 3.40. The van der Waals surface area contributed by atoms with Crippen molar-refractivity contribution in [2.24, 2.45) is 0 Å². The van der Waals surface area contributed by atoms with Gasteiger partial charge in [0.15, 0.2) is 10.9 Å². The summed E-state index contributed by atoms with van der Waals surface area (Å²) in [7, 11) is 0. The van der Waals surface area contributed by atoms with Crippen molar-refractivity contribution in [2.45, 2.75) is 16.9 Å². The van der Waals surface area contributed by atoms with E-state index in [-0.39, 0.29) is 0 Å². The Labute approximate surface area is 135 Å². The number of benzene rings is 1. The van der Waals surface area contributed by atoms with Crippen molar-refractivity contribution in [3.8, 4) is 11.3 Å². The molecule has 0 unspecified atom stereocenters. The van der Waals surface area contributed by atoms with Crippen molar-refractivity contribution >= 4 is 39.8 Å². The number of nitrogens with zero attached hydrogens (tertiary/aromatic N) is 2. The number of oxazole rings is 1. The standard InChI is InChI=1S/C14H12ClN3OS2/c1-8-13(21-14(16)18-8)20-7-12-17-6-11(19-12)9-2-4-10(15)5-3-9/h2-6H,7H2,1H3,(H2,16,18). The normalized spacial score (nSPS) is 11.0. The van der Waals surface area contributed by atoms with Crippen LogP contribution in [-0.2, 0) is 5.75 Å². The number of hydrogen-bond donors (Lipinski definition) is 1. The molecule has 3 aromatic rings. The molecular weight excluding hydrogens is 326 g/mol. The molecule has 108 valence electrons. The summed E-state index contributed by atoms with van der Waals surface area (Å²) < 4.78 is 6.85. The van der Waals surface area contributed by atoms with E-state index in [1.54, 1.807) is 18.0 Å². The maximum absolute atomic E-state index is 5.87. The molecule has 21 heavy (non-hydrogen) atoms. The van der Waals surface area contributed by atoms with Crippen LogP contribution in [0.3, 0.4) is 0 Å². The first-order valence-electron chi connectivity index (χ1n) is 6.18. The average Bonchev–Trinajstić information content (AvgIpc) is 3.04. The van der Waals surface area contributed by atoms with E-state index in [0.717, 1.165) is 21.2 Å². The molecule has 0 saturated carbocycles. The summed E-state index contributed by atoms with van der Waals surface area (Å²) in [6.45, 7) is 1.95. The Balaban J connectivity index is 1.70. The summed E-state index contributed by atoms with van der Waals surface area (Å²) >= 11 is 8.99. The van der Waals surface area contributed by atoms with Crippen LogP contribution < -0.4 is 5.73 Å². The zero-order chi connectivity index (χ0) is 14.8. The Bertz CT molecular complexity index is 752. The van der Waals surface area contributed by atoms with Crippen LogP contribution in [0.2, 0.25) is 5.02 Å². The molecule has 4 nitrogen and oxygen atoms in total. The Morgan fingerprint density at radius 3 is 2.76 bits per heavy atom. The van der Waals surface area contributed by atoms with Crippen LogP contribution in [0.25, 0.3) is 11.3 Å². The average molecular weight is 338 g/mol. The van der Waals surface area contributed by atoms with Crippen molar-refractivity contribution < 1.29 is 4.42 Å². The minimum atomic E-state index is 0.587. The van der Waals surface area contributed by atoms with Crippen molar-refractivity contribution in [2.75, 3.05) is 5.73 Å². The van der Waals surface area contributed by atoms with Crippen molar-refractivity contribution in [3.05, 3.63) is 47.1 Å². The SMILES string of the molecule is Cc1nc(N)sc1SCc1ncc(-c2ccc(Cl)cc2)o1. The molecule has 0 saturated heterocycles. The third-order valence-corrected chi connectivity index (χ3v) is 5.37. The van der Waals surface area contributed by atoms with Gasteiger partial charge in [-0.3, -0.25) is 0 Å². The summed E-state index contributed by atoms with van der Waals surface area (Å²) in [5, 5.41) is 1.29. The fourth-order valence-corrected chi connectivity index (χ4v) is 3.79. The molecule has 0 aliphatic rings. The first-order chi connectivity index (χ1) is 10.1. The number of aryl methyl sites for hydroxylation is 1. The summed E-state index contributed by atoms with van der Waals surface area (Å²) in [6.07, 6.45) is 1.73. The molecule has 0 radical (unpaired) electrons. The van der Waals surface area contributed by atoms with E-state index in [0.29, 0.717) is 21.8 Å². The summed E-state index contributed by atoms with van der Waals surface area (Å²) in [4.78, 5) is 8.50. The molecule has 1 aromatic carbocycles. The molecule has 2 N–H and O–H groups in total. The van der Waals surface area contributed by atoms with Crippen LogP contribution in [0.4, 0.5) is 5.13 Å². The van der Waals surface area contributed by atoms with Gasteiger partial charge in [-0.25, -0.2) is 9.97 Å². The zero-order valence-corrected chi connectivity index (χ0v) is 13.6. The van der Waals surface area contributed by atoms with Crippen LogP contribution in [0, 0.1) is 6.92 Å². The Kier molecular flexibility index (Phi) is 4.19. The van der Waals surface area contributed by atoms with Gasteiger partial charge < -0.3 is 10.2 Å². The number of hydrogen-bond acceptors (Lipinski definition) is 6. The van der Waals surface area contributed by atoms with E-state index in [1.807, 2.05) is 31.2 Å². The number of nitrogen functional groups attached to an aromatic ring is 1. The number of aromatic nitrogens is 2. The molecule has 0 aliphatic heterocycles. The van der Waals surface area contributed by atoms with Gasteiger partial charge in [0.05, 0.1) is 21.9 Å². The van der Waals surface area contributed by atoms with E-state index in [2.05, 4.69) is 9.97 Å². The lowest BCUT2D eigenvalue weighted by molar-refractivity contribution is 0.530. The molecule has 0 atom stereocenters. The van der Waals surface area contributed by atoms with Gasteiger partial charge in [0.1, 0.15) is 0 Å². The third-order valence-electron chi connectivity index (χ3n) is 2.78. The highest BCUT2D eigenvalue weighted by molar-refractivity contribution is 8.00. The first kappa shape index (κ1) is 14.4. The van der Waals surface area contributed by atoms with Crippen LogP contribution in [0.5, 0.6) is 0 Å². The maximum atomic E-state index is 5.87. The van der Waals surface area contributed by atoms with Gasteiger partial charge in [0.2, 0.25) is 5.89 Å². The molecule has 0 bridgehead atoms. The predicted octanol–water partition coefficient (Wildman–Crippen LogP) is 4.63. The van der Waals surface area contributed by atoms with Gasteiger partial charge in [-0.1, -0.05) is 22.9 Å². The fraction of sp³-hybridized carbons (Fsp3) is 0.143. The van der Waals surface area contributed by atoms with E-state index in [4.69, 9.17) is 21.8 Å². The van der Waals surface area contributed by atoms with Gasteiger partial charge in [0, 0.05) is 10.6 Å². The lowest BCUT2D eigenvalue weighted by atomic mass is 10.2. The first-order valence-corrected chi connectivity index (χ1v) is 8.36. The minimum absolute atomic E-state index is 0.587. The fourth-order valence-electron chi connectivity index (χ4n) is 1.79. The Morgan fingerprint density at radius 2 is 2.10 bits per heavy atom. The topological polar surface area (TPSA) is 64.9 Å². The van der Waals surface area contributed by atoms with E-state index >= 15 is 0 Å². The number of anilines is 1. The largest absolute Gasteiger partial charge is 0.440 e. The second kappa shape index (κ2) is 6.09. The molecule has 2 heterocycles. The second-order valence-corrected chi connectivity index (χ2v) is 7.05. The highest BCUT2D eigenvalue weighted by atomic mass is 35.5. The number of nitrogens with two attached hydrogens (primary N) is 1. The summed E-state index contributed by atoms with van der Waals surface area (Å²) in [6, 6.07) is 7.48. The number of thiazole rings is 1. The maximum Gasteiger partial charge on any atom is 0.205 e. The van der Waals surface area contributed by atoms with Crippen molar-refractivity contribution in [1.29, 1.82) is 0 Å². The summed E-state index contributed by atoms with van der Waals surface area (Å²) in [5.74, 6) is 2.06. The molecule has 0 fully saturated rings. The smallest absolute Gasteiger partial charge is 0.205 e. The van der Waals surface area contributed by atoms with Gasteiger partial charge in [-0.15, -0.1) is 11.8 Å². The van der Waals surface area contributed by atoms with E-state index < -0.39 is 0 Å². The van der Waals surface area contributed by atoms with Crippen LogP contribution >= 0.6 is 34.7 Å². The van der Waals surface area contributed by atoms with E-state index in [1.165, 1.54) is 11.3 Å². The second-order valence-electron chi connectivity index (χ2n) is 4.34. The highest BCUT2D eigenvalue weighted by Gasteiger charge is 2.10. The van der Waals surface area contributed by atoms with Crippen LogP contribution in [-0.4, -0.2) is 9.97 Å². The number of thioether (sulfide) groups is 1. The Morgan fingerprint density at radius 1 is 1.33 bits per heavy atom. The highest BCUT2D eigenvalue weighted by Crippen LogP contribution is 2.33. The number of halogens is 1. The van der Waals surface area contributed by atoms with Crippen molar-refractivity contribution in [1.82, 2.24) is 9.97 Å². The van der Waals surface area contributed by atoms with Gasteiger partial charge in [-0.05, 0) is 31.2 Å². The molecule has 0 aliphatic carbocycles. The molecule has 0 amide bonds. The minimum Gasteiger partial charge on any atom is -0.440 e. The van der Waals surface area contributed by atoms with Gasteiger partial charge >= 0.3 is 0 Å². The molecular formula is C14H12ClN3OS2. The number of rotatable bonds is 4.